The number of hydrogen-bond donors (Lipinski definition) is 1. The van der Waals surface area contributed by atoms with Gasteiger partial charge in [-0.05, 0) is 42.7 Å². The molecule has 0 atom stereocenters. The molecule has 1 aliphatic rings. The Labute approximate surface area is 182 Å². The maximum absolute atomic E-state index is 12.5. The number of nitrogens with zero attached hydrogens (tertiary/aromatic N) is 2. The van der Waals surface area contributed by atoms with Crippen LogP contribution in [-0.4, -0.2) is 19.1 Å². The highest BCUT2D eigenvalue weighted by molar-refractivity contribution is 6.01. The van der Waals surface area contributed by atoms with Crippen molar-refractivity contribution in [2.45, 2.75) is 44.8 Å². The molecule has 1 aliphatic carbocycles. The summed E-state index contributed by atoms with van der Waals surface area (Å²) in [5.74, 6) is 0.646. The van der Waals surface area contributed by atoms with Gasteiger partial charge >= 0.3 is 0 Å². The quantitative estimate of drug-likeness (QED) is 0.531. The van der Waals surface area contributed by atoms with Crippen LogP contribution in [0, 0.1) is 22.7 Å². The lowest BCUT2D eigenvalue weighted by Gasteiger charge is -2.22. The zero-order valence-corrected chi connectivity index (χ0v) is 17.6. The Balaban J connectivity index is 1.72. The van der Waals surface area contributed by atoms with Gasteiger partial charge in [0.25, 0.3) is 5.91 Å². The summed E-state index contributed by atoms with van der Waals surface area (Å²) in [6.45, 7) is 0.225. The number of nitrogens with one attached hydrogen (secondary N) is 1. The second kappa shape index (κ2) is 10.8. The molecule has 6 heteroatoms. The van der Waals surface area contributed by atoms with Gasteiger partial charge in [0, 0.05) is 11.6 Å². The third kappa shape index (κ3) is 5.87. The van der Waals surface area contributed by atoms with Gasteiger partial charge in [0.15, 0.2) is 11.5 Å². The summed E-state index contributed by atoms with van der Waals surface area (Å²) in [7, 11) is 1.53. The number of amides is 1. The normalized spacial score (nSPS) is 14.2. The predicted molar refractivity (Wildman–Crippen MR) is 117 cm³/mol. The van der Waals surface area contributed by atoms with E-state index in [0.29, 0.717) is 22.6 Å². The smallest absolute Gasteiger partial charge is 0.262 e. The Hall–Kier alpha value is -3.77. The highest BCUT2D eigenvalue weighted by atomic mass is 16.5. The van der Waals surface area contributed by atoms with Gasteiger partial charge in [0.2, 0.25) is 0 Å². The molecule has 2 aromatic rings. The van der Waals surface area contributed by atoms with Gasteiger partial charge in [-0.1, -0.05) is 43.5 Å². The first-order valence-corrected chi connectivity index (χ1v) is 10.4. The fourth-order valence-corrected chi connectivity index (χ4v) is 3.63. The van der Waals surface area contributed by atoms with Crippen LogP contribution in [0.25, 0.3) is 6.08 Å². The van der Waals surface area contributed by atoms with Gasteiger partial charge in [-0.2, -0.15) is 10.5 Å². The van der Waals surface area contributed by atoms with E-state index in [4.69, 9.17) is 9.47 Å². The lowest BCUT2D eigenvalue weighted by Crippen LogP contribution is -2.36. The summed E-state index contributed by atoms with van der Waals surface area (Å²) in [6.07, 6.45) is 6.87. The largest absolute Gasteiger partial charge is 0.493 e. The van der Waals surface area contributed by atoms with Crippen molar-refractivity contribution in [1.82, 2.24) is 5.32 Å². The molecule has 1 amide bonds. The zero-order valence-electron chi connectivity index (χ0n) is 17.6. The van der Waals surface area contributed by atoms with Gasteiger partial charge in [-0.3, -0.25) is 4.79 Å². The van der Waals surface area contributed by atoms with Crippen molar-refractivity contribution in [3.05, 3.63) is 64.7 Å². The van der Waals surface area contributed by atoms with E-state index in [0.717, 1.165) is 31.2 Å². The maximum atomic E-state index is 12.5. The van der Waals surface area contributed by atoms with Gasteiger partial charge in [-0.25, -0.2) is 0 Å². The third-order valence-corrected chi connectivity index (χ3v) is 5.33. The molecule has 0 bridgehead atoms. The van der Waals surface area contributed by atoms with Crippen molar-refractivity contribution in [2.75, 3.05) is 7.11 Å². The number of carbonyl (C=O) groups is 1. The Morgan fingerprint density at radius 3 is 2.61 bits per heavy atom. The topological polar surface area (TPSA) is 95.1 Å². The standard InChI is InChI=1S/C25H25N3O3/c1-30-24-14-18(13-21(16-27)25(29)28-22-9-3-2-4-10-22)11-12-23(24)31-17-20-8-6-5-7-19(20)15-26/h5-8,11-14,22H,2-4,9-10,17H2,1H3,(H,28,29). The van der Waals surface area contributed by atoms with Crippen LogP contribution in [0.1, 0.15) is 48.8 Å². The first-order chi connectivity index (χ1) is 15.1. The minimum Gasteiger partial charge on any atom is -0.493 e. The van der Waals surface area contributed by atoms with Gasteiger partial charge in [-0.15, -0.1) is 0 Å². The summed E-state index contributed by atoms with van der Waals surface area (Å²) in [6, 6.07) is 16.7. The third-order valence-electron chi connectivity index (χ3n) is 5.33. The van der Waals surface area contributed by atoms with Crippen LogP contribution in [0.4, 0.5) is 0 Å². The molecule has 158 valence electrons. The van der Waals surface area contributed by atoms with Crippen molar-refractivity contribution in [3.63, 3.8) is 0 Å². The van der Waals surface area contributed by atoms with E-state index in [-0.39, 0.29) is 24.1 Å². The van der Waals surface area contributed by atoms with E-state index in [1.54, 1.807) is 36.4 Å². The molecule has 0 heterocycles. The Kier molecular flexibility index (Phi) is 7.67. The van der Waals surface area contributed by atoms with E-state index in [1.165, 1.54) is 13.5 Å². The number of rotatable bonds is 7. The number of carbonyl (C=O) groups excluding carboxylic acids is 1. The minimum absolute atomic E-state index is 0.0595. The van der Waals surface area contributed by atoms with Crippen molar-refractivity contribution in [2.24, 2.45) is 0 Å². The molecule has 0 aromatic heterocycles. The summed E-state index contributed by atoms with van der Waals surface area (Å²) in [5.41, 5.74) is 2.06. The highest BCUT2D eigenvalue weighted by Gasteiger charge is 2.18. The number of nitriles is 2. The van der Waals surface area contributed by atoms with Crippen LogP contribution in [0.3, 0.4) is 0 Å². The first-order valence-electron chi connectivity index (χ1n) is 10.4. The first kappa shape index (κ1) is 21.9. The molecule has 1 N–H and O–H groups in total. The molecule has 0 radical (unpaired) electrons. The van der Waals surface area contributed by atoms with Crippen molar-refractivity contribution < 1.29 is 14.3 Å². The van der Waals surface area contributed by atoms with Crippen molar-refractivity contribution in [3.8, 4) is 23.6 Å². The number of methoxy groups -OCH3 is 1. The van der Waals surface area contributed by atoms with Gasteiger partial charge < -0.3 is 14.8 Å². The average Bonchev–Trinajstić information content (AvgIpc) is 2.82. The summed E-state index contributed by atoms with van der Waals surface area (Å²) in [5, 5.41) is 21.6. The second-order valence-corrected chi connectivity index (χ2v) is 7.45. The van der Waals surface area contributed by atoms with E-state index in [2.05, 4.69) is 11.4 Å². The predicted octanol–water partition coefficient (Wildman–Crippen LogP) is 4.50. The van der Waals surface area contributed by atoms with Crippen LogP contribution in [-0.2, 0) is 11.4 Å². The van der Waals surface area contributed by atoms with Crippen LogP contribution in [0.2, 0.25) is 0 Å². The number of hydrogen-bond acceptors (Lipinski definition) is 5. The molecule has 3 rings (SSSR count). The van der Waals surface area contributed by atoms with Crippen LogP contribution < -0.4 is 14.8 Å². The van der Waals surface area contributed by atoms with Gasteiger partial charge in [0.05, 0.1) is 18.7 Å². The maximum Gasteiger partial charge on any atom is 0.262 e. The summed E-state index contributed by atoms with van der Waals surface area (Å²) in [4.78, 5) is 12.5. The fraction of sp³-hybridized carbons (Fsp3) is 0.320. The Morgan fingerprint density at radius 2 is 1.90 bits per heavy atom. The van der Waals surface area contributed by atoms with Crippen LogP contribution >= 0.6 is 0 Å². The van der Waals surface area contributed by atoms with Crippen LogP contribution in [0.5, 0.6) is 11.5 Å². The van der Waals surface area contributed by atoms with E-state index in [1.807, 2.05) is 18.2 Å². The molecule has 0 unspecified atom stereocenters. The molecule has 31 heavy (non-hydrogen) atoms. The molecular weight excluding hydrogens is 390 g/mol. The number of ether oxygens (including phenoxy) is 2. The average molecular weight is 415 g/mol. The minimum atomic E-state index is -0.346. The SMILES string of the molecule is COc1cc(C=C(C#N)C(=O)NC2CCCCC2)ccc1OCc1ccccc1C#N. The molecule has 1 saturated carbocycles. The van der Waals surface area contributed by atoms with E-state index in [9.17, 15) is 15.3 Å². The zero-order chi connectivity index (χ0) is 22.1. The van der Waals surface area contributed by atoms with Crippen molar-refractivity contribution >= 4 is 12.0 Å². The Bertz CT molecular complexity index is 1040. The van der Waals surface area contributed by atoms with Gasteiger partial charge in [0.1, 0.15) is 18.2 Å². The molecule has 2 aromatic carbocycles. The second-order valence-electron chi connectivity index (χ2n) is 7.45. The monoisotopic (exact) mass is 415 g/mol. The summed E-state index contributed by atoms with van der Waals surface area (Å²) >= 11 is 0. The number of benzene rings is 2. The van der Waals surface area contributed by atoms with E-state index < -0.39 is 0 Å². The van der Waals surface area contributed by atoms with Crippen LogP contribution in [0.15, 0.2) is 48.0 Å². The van der Waals surface area contributed by atoms with Crippen molar-refractivity contribution in [1.29, 1.82) is 10.5 Å². The molecule has 0 aliphatic heterocycles. The lowest BCUT2D eigenvalue weighted by atomic mass is 9.95. The van der Waals surface area contributed by atoms with E-state index >= 15 is 0 Å². The molecule has 1 fully saturated rings. The molecular formula is C25H25N3O3. The molecule has 0 saturated heterocycles. The molecule has 6 nitrogen and oxygen atoms in total. The lowest BCUT2D eigenvalue weighted by molar-refractivity contribution is -0.117. The fourth-order valence-electron chi connectivity index (χ4n) is 3.63. The highest BCUT2D eigenvalue weighted by Crippen LogP contribution is 2.30. The summed E-state index contributed by atoms with van der Waals surface area (Å²) < 4.78 is 11.3. The molecule has 0 spiro atoms. The Morgan fingerprint density at radius 1 is 1.13 bits per heavy atom.